The van der Waals surface area contributed by atoms with Crippen molar-refractivity contribution in [1.29, 1.82) is 0 Å². The van der Waals surface area contributed by atoms with Gasteiger partial charge in [-0.1, -0.05) is 30.3 Å². The largest absolute Gasteiger partial charge is 0.445 e. The minimum Gasteiger partial charge on any atom is -0.445 e. The zero-order chi connectivity index (χ0) is 15.2. The van der Waals surface area contributed by atoms with Gasteiger partial charge in [-0.2, -0.15) is 0 Å². The predicted octanol–water partition coefficient (Wildman–Crippen LogP) is 1.24. The lowest BCUT2D eigenvalue weighted by Gasteiger charge is -2.25. The lowest BCUT2D eigenvalue weighted by molar-refractivity contribution is 0.131. The van der Waals surface area contributed by atoms with Gasteiger partial charge in [-0.05, 0) is 26.5 Å². The maximum Gasteiger partial charge on any atom is 0.407 e. The Morgan fingerprint density at radius 3 is 2.40 bits per heavy atom. The van der Waals surface area contributed by atoms with Crippen molar-refractivity contribution in [1.82, 2.24) is 10.0 Å². The fourth-order valence-electron chi connectivity index (χ4n) is 1.62. The summed E-state index contributed by atoms with van der Waals surface area (Å²) < 4.78 is 30.2. The quantitative estimate of drug-likeness (QED) is 0.828. The number of carbonyl (C=O) groups is 1. The molecular weight excluding hydrogens is 280 g/mol. The van der Waals surface area contributed by atoms with Crippen LogP contribution in [0.2, 0.25) is 0 Å². The van der Waals surface area contributed by atoms with E-state index in [4.69, 9.17) is 4.74 Å². The third-order valence-electron chi connectivity index (χ3n) is 2.52. The van der Waals surface area contributed by atoms with Gasteiger partial charge in [0.05, 0.1) is 11.3 Å². The second-order valence-electron chi connectivity index (χ2n) is 5.03. The Hall–Kier alpha value is -1.60. The van der Waals surface area contributed by atoms with E-state index in [9.17, 15) is 13.2 Å². The molecule has 0 saturated carbocycles. The summed E-state index contributed by atoms with van der Waals surface area (Å²) in [6, 6.07) is 9.24. The lowest BCUT2D eigenvalue weighted by Crippen LogP contribution is -2.50. The van der Waals surface area contributed by atoms with Crippen molar-refractivity contribution in [2.45, 2.75) is 26.0 Å². The van der Waals surface area contributed by atoms with Crippen LogP contribution in [-0.2, 0) is 21.4 Å². The van der Waals surface area contributed by atoms with Crippen molar-refractivity contribution in [3.8, 4) is 0 Å². The molecule has 0 bridgehead atoms. The number of amides is 1. The highest BCUT2D eigenvalue weighted by molar-refractivity contribution is 7.89. The zero-order valence-electron chi connectivity index (χ0n) is 11.8. The molecule has 6 nitrogen and oxygen atoms in total. The van der Waals surface area contributed by atoms with Gasteiger partial charge < -0.3 is 10.1 Å². The summed E-state index contributed by atoms with van der Waals surface area (Å²) >= 11 is 0. The standard InChI is InChI=1S/C13H20N2O4S/c1-13(2,10-20(17,18)14-3)15-12(16)19-9-11-7-5-4-6-8-11/h4-8,14H,9-10H2,1-3H3,(H,15,16). The summed E-state index contributed by atoms with van der Waals surface area (Å²) in [6.45, 7) is 3.37. The number of sulfonamides is 1. The average molecular weight is 300 g/mol. The monoisotopic (exact) mass is 300 g/mol. The number of rotatable bonds is 6. The van der Waals surface area contributed by atoms with E-state index in [0.717, 1.165) is 5.56 Å². The van der Waals surface area contributed by atoms with E-state index in [2.05, 4.69) is 10.0 Å². The Morgan fingerprint density at radius 1 is 1.25 bits per heavy atom. The minimum absolute atomic E-state index is 0.140. The summed E-state index contributed by atoms with van der Waals surface area (Å²) in [5, 5.41) is 2.54. The van der Waals surface area contributed by atoms with E-state index in [0.29, 0.717) is 0 Å². The molecule has 2 N–H and O–H groups in total. The second kappa shape index (κ2) is 6.71. The third kappa shape index (κ3) is 6.03. The van der Waals surface area contributed by atoms with Crippen LogP contribution in [0.5, 0.6) is 0 Å². The SMILES string of the molecule is CNS(=O)(=O)CC(C)(C)NC(=O)OCc1ccccc1. The molecule has 0 atom stereocenters. The van der Waals surface area contributed by atoms with E-state index in [1.54, 1.807) is 13.8 Å². The van der Waals surface area contributed by atoms with E-state index in [1.165, 1.54) is 7.05 Å². The molecular formula is C13H20N2O4S. The van der Waals surface area contributed by atoms with Crippen molar-refractivity contribution in [3.05, 3.63) is 35.9 Å². The summed E-state index contributed by atoms with van der Waals surface area (Å²) in [7, 11) is -2.08. The zero-order valence-corrected chi connectivity index (χ0v) is 12.7. The molecule has 20 heavy (non-hydrogen) atoms. The highest BCUT2D eigenvalue weighted by Crippen LogP contribution is 2.07. The predicted molar refractivity (Wildman–Crippen MR) is 76.7 cm³/mol. The molecule has 7 heteroatoms. The van der Waals surface area contributed by atoms with Crippen LogP contribution in [0.15, 0.2) is 30.3 Å². The number of hydrogen-bond acceptors (Lipinski definition) is 4. The first-order valence-electron chi connectivity index (χ1n) is 6.14. The third-order valence-corrected chi connectivity index (χ3v) is 4.24. The number of alkyl carbamates (subject to hydrolysis) is 1. The van der Waals surface area contributed by atoms with Gasteiger partial charge in [0.15, 0.2) is 0 Å². The van der Waals surface area contributed by atoms with Crippen molar-refractivity contribution in [3.63, 3.8) is 0 Å². The van der Waals surface area contributed by atoms with Gasteiger partial charge in [-0.3, -0.25) is 0 Å². The molecule has 0 aliphatic carbocycles. The molecule has 0 fully saturated rings. The topological polar surface area (TPSA) is 84.5 Å². The van der Waals surface area contributed by atoms with Gasteiger partial charge in [0, 0.05) is 0 Å². The molecule has 0 unspecified atom stereocenters. The maximum absolute atomic E-state index is 11.7. The normalized spacial score (nSPS) is 11.9. The summed E-state index contributed by atoms with van der Waals surface area (Å²) in [6.07, 6.45) is -0.648. The molecule has 0 heterocycles. The molecule has 1 aromatic carbocycles. The number of benzene rings is 1. The van der Waals surface area contributed by atoms with Gasteiger partial charge in [-0.25, -0.2) is 17.9 Å². The first kappa shape index (κ1) is 16.5. The van der Waals surface area contributed by atoms with Crippen LogP contribution in [0.1, 0.15) is 19.4 Å². The molecule has 0 aliphatic rings. The van der Waals surface area contributed by atoms with Gasteiger partial charge in [0.25, 0.3) is 0 Å². The van der Waals surface area contributed by atoms with Crippen LogP contribution in [0.25, 0.3) is 0 Å². The Labute approximate surface area is 119 Å². The molecule has 0 aliphatic heterocycles. The number of ether oxygens (including phenoxy) is 1. The Balaban J connectivity index is 2.49. The molecule has 0 spiro atoms. The van der Waals surface area contributed by atoms with Crippen molar-refractivity contribution < 1.29 is 17.9 Å². The molecule has 0 radical (unpaired) electrons. The molecule has 1 amide bonds. The maximum atomic E-state index is 11.7. The van der Waals surface area contributed by atoms with Gasteiger partial charge in [0.2, 0.25) is 10.0 Å². The first-order valence-corrected chi connectivity index (χ1v) is 7.79. The van der Waals surface area contributed by atoms with Crippen LogP contribution in [0, 0.1) is 0 Å². The molecule has 1 aromatic rings. The summed E-state index contributed by atoms with van der Waals surface area (Å²) in [5.41, 5.74) is -0.0568. The van der Waals surface area contributed by atoms with E-state index >= 15 is 0 Å². The van der Waals surface area contributed by atoms with Gasteiger partial charge in [0.1, 0.15) is 6.61 Å². The molecule has 0 saturated heterocycles. The van der Waals surface area contributed by atoms with E-state index in [-0.39, 0.29) is 12.4 Å². The van der Waals surface area contributed by atoms with Crippen LogP contribution in [0.3, 0.4) is 0 Å². The van der Waals surface area contributed by atoms with Crippen LogP contribution >= 0.6 is 0 Å². The number of nitrogens with one attached hydrogen (secondary N) is 2. The second-order valence-corrected chi connectivity index (χ2v) is 6.96. The van der Waals surface area contributed by atoms with Crippen molar-refractivity contribution in [2.75, 3.05) is 12.8 Å². The van der Waals surface area contributed by atoms with Crippen LogP contribution in [0.4, 0.5) is 4.79 Å². The van der Waals surface area contributed by atoms with Gasteiger partial charge >= 0.3 is 6.09 Å². The van der Waals surface area contributed by atoms with Crippen LogP contribution in [-0.4, -0.2) is 32.9 Å². The number of hydrogen-bond donors (Lipinski definition) is 2. The van der Waals surface area contributed by atoms with E-state index < -0.39 is 21.7 Å². The molecule has 1 rings (SSSR count). The number of carbonyl (C=O) groups excluding carboxylic acids is 1. The van der Waals surface area contributed by atoms with Crippen molar-refractivity contribution in [2.24, 2.45) is 0 Å². The molecule has 112 valence electrons. The van der Waals surface area contributed by atoms with Crippen LogP contribution < -0.4 is 10.0 Å². The average Bonchev–Trinajstić information content (AvgIpc) is 2.36. The minimum atomic E-state index is -3.41. The van der Waals surface area contributed by atoms with Gasteiger partial charge in [-0.15, -0.1) is 0 Å². The Kier molecular flexibility index (Phi) is 5.52. The highest BCUT2D eigenvalue weighted by Gasteiger charge is 2.27. The molecule has 0 aromatic heterocycles. The lowest BCUT2D eigenvalue weighted by atomic mass is 10.1. The fraction of sp³-hybridized carbons (Fsp3) is 0.462. The fourth-order valence-corrected chi connectivity index (χ4v) is 2.79. The summed E-state index contributed by atoms with van der Waals surface area (Å²) in [4.78, 5) is 11.7. The highest BCUT2D eigenvalue weighted by atomic mass is 32.2. The smallest absolute Gasteiger partial charge is 0.407 e. The van der Waals surface area contributed by atoms with E-state index in [1.807, 2.05) is 30.3 Å². The Morgan fingerprint density at radius 2 is 1.85 bits per heavy atom. The van der Waals surface area contributed by atoms with Crippen molar-refractivity contribution >= 4 is 16.1 Å². The first-order chi connectivity index (χ1) is 9.24. The summed E-state index contributed by atoms with van der Waals surface area (Å²) in [5.74, 6) is -0.225. The Bertz CT molecular complexity index is 541.